The smallest absolute Gasteiger partial charge is 0.417 e. The molecule has 3 amide bonds. The van der Waals surface area contributed by atoms with Crippen molar-refractivity contribution in [2.75, 3.05) is 20.2 Å². The fraction of sp³-hybridized carbons (Fsp3) is 0.393. The van der Waals surface area contributed by atoms with Gasteiger partial charge >= 0.3 is 17.8 Å². The molecule has 3 aromatic rings. The van der Waals surface area contributed by atoms with Crippen molar-refractivity contribution in [3.8, 4) is 5.75 Å². The van der Waals surface area contributed by atoms with Crippen molar-refractivity contribution >= 4 is 22.9 Å². The molecule has 2 aromatic carbocycles. The molecule has 1 aliphatic heterocycles. The van der Waals surface area contributed by atoms with E-state index in [1.807, 2.05) is 37.3 Å². The number of hydrogen-bond acceptors (Lipinski definition) is 5. The third kappa shape index (κ3) is 4.87. The highest BCUT2D eigenvalue weighted by atomic mass is 19.4. The van der Waals surface area contributed by atoms with E-state index >= 15 is 0 Å². The van der Waals surface area contributed by atoms with Crippen LogP contribution in [0.2, 0.25) is 0 Å². The Labute approximate surface area is 217 Å². The third-order valence-electron chi connectivity index (χ3n) is 7.00. The van der Waals surface area contributed by atoms with E-state index in [2.05, 4.69) is 0 Å². The van der Waals surface area contributed by atoms with Gasteiger partial charge in [-0.1, -0.05) is 43.7 Å². The van der Waals surface area contributed by atoms with E-state index in [1.165, 1.54) is 21.9 Å². The summed E-state index contributed by atoms with van der Waals surface area (Å²) in [5.74, 6) is 0.0407. The van der Waals surface area contributed by atoms with Crippen molar-refractivity contribution in [3.63, 3.8) is 0 Å². The SMILES string of the molecule is CCCc1c(OCCCCN2C(=O)N(C)C(C)(c3ccccc3)C2=O)ccc2c(C(F)(F)F)cc(=O)oc12. The van der Waals surface area contributed by atoms with E-state index in [4.69, 9.17) is 9.15 Å². The van der Waals surface area contributed by atoms with Gasteiger partial charge in [0, 0.05) is 30.6 Å². The number of rotatable bonds is 9. The second kappa shape index (κ2) is 10.5. The molecule has 1 unspecified atom stereocenters. The largest absolute Gasteiger partial charge is 0.493 e. The third-order valence-corrected chi connectivity index (χ3v) is 7.00. The number of urea groups is 1. The van der Waals surface area contributed by atoms with E-state index in [1.54, 1.807) is 14.0 Å². The Morgan fingerprint density at radius 1 is 1.03 bits per heavy atom. The first-order chi connectivity index (χ1) is 18.0. The minimum absolute atomic E-state index is 0.124. The zero-order valence-corrected chi connectivity index (χ0v) is 21.4. The molecule has 0 saturated carbocycles. The maximum absolute atomic E-state index is 13.5. The number of carbonyl (C=O) groups excluding carboxylic acids is 2. The van der Waals surface area contributed by atoms with Crippen molar-refractivity contribution in [1.29, 1.82) is 0 Å². The number of halogens is 3. The molecule has 4 rings (SSSR count). The number of nitrogens with zero attached hydrogens (tertiary/aromatic N) is 2. The van der Waals surface area contributed by atoms with Crippen LogP contribution in [0.4, 0.5) is 18.0 Å². The summed E-state index contributed by atoms with van der Waals surface area (Å²) in [6, 6.07) is 11.9. The number of unbranched alkanes of at least 4 members (excludes halogenated alkanes) is 1. The summed E-state index contributed by atoms with van der Waals surface area (Å²) in [4.78, 5) is 40.6. The van der Waals surface area contributed by atoms with Crippen molar-refractivity contribution in [2.24, 2.45) is 0 Å². The van der Waals surface area contributed by atoms with Crippen LogP contribution >= 0.6 is 0 Å². The van der Waals surface area contributed by atoms with Crippen LogP contribution in [0.5, 0.6) is 5.75 Å². The molecule has 0 radical (unpaired) electrons. The minimum atomic E-state index is -4.70. The standard InChI is InChI=1S/C28H29F3N2O5/c1-4-10-20-22(14-13-19-21(28(29,30)31)17-23(34)38-24(19)20)37-16-9-8-15-33-25(35)27(2,32(3)26(33)36)18-11-6-5-7-12-18/h5-7,11-14,17H,4,8-10,15-16H2,1-3H3. The van der Waals surface area contributed by atoms with Crippen molar-refractivity contribution in [1.82, 2.24) is 9.80 Å². The maximum Gasteiger partial charge on any atom is 0.417 e. The lowest BCUT2D eigenvalue weighted by atomic mass is 9.91. The molecule has 0 bridgehead atoms. The Kier molecular flexibility index (Phi) is 7.53. The van der Waals surface area contributed by atoms with Crippen molar-refractivity contribution in [3.05, 3.63) is 75.6 Å². The molecule has 1 atom stereocenters. The lowest BCUT2D eigenvalue weighted by Gasteiger charge is -2.28. The van der Waals surface area contributed by atoms with Crippen LogP contribution in [0, 0.1) is 0 Å². The molecule has 0 spiro atoms. The molecular weight excluding hydrogens is 501 g/mol. The van der Waals surface area contributed by atoms with E-state index in [0.29, 0.717) is 43.1 Å². The van der Waals surface area contributed by atoms with Crippen molar-refractivity contribution < 1.29 is 31.9 Å². The first-order valence-corrected chi connectivity index (χ1v) is 12.4. The quantitative estimate of drug-likeness (QED) is 0.201. The average molecular weight is 531 g/mol. The van der Waals surface area contributed by atoms with Gasteiger partial charge in [0.05, 0.1) is 12.2 Å². The van der Waals surface area contributed by atoms with Gasteiger partial charge in [0.1, 0.15) is 16.9 Å². The van der Waals surface area contributed by atoms with Gasteiger partial charge < -0.3 is 14.1 Å². The highest BCUT2D eigenvalue weighted by Crippen LogP contribution is 2.38. The summed E-state index contributed by atoms with van der Waals surface area (Å²) in [5, 5.41) is -0.190. The molecule has 1 aliphatic rings. The molecule has 0 aliphatic carbocycles. The molecule has 2 heterocycles. The lowest BCUT2D eigenvalue weighted by Crippen LogP contribution is -2.42. The van der Waals surface area contributed by atoms with Gasteiger partial charge in [-0.3, -0.25) is 9.69 Å². The summed E-state index contributed by atoms with van der Waals surface area (Å²) in [6.45, 7) is 3.99. The zero-order chi connectivity index (χ0) is 27.7. The van der Waals surface area contributed by atoms with Gasteiger partial charge in [-0.2, -0.15) is 13.2 Å². The zero-order valence-electron chi connectivity index (χ0n) is 21.4. The molecular formula is C28H29F3N2O5. The monoisotopic (exact) mass is 530 g/mol. The Bertz CT molecular complexity index is 1400. The second-order valence-electron chi connectivity index (χ2n) is 9.44. The first kappa shape index (κ1) is 27.2. The summed E-state index contributed by atoms with van der Waals surface area (Å²) in [5.41, 5.74) is -2.20. The second-order valence-corrected chi connectivity index (χ2v) is 9.44. The van der Waals surface area contributed by atoms with Gasteiger partial charge in [0.25, 0.3) is 5.91 Å². The van der Waals surface area contributed by atoms with Gasteiger partial charge in [0.15, 0.2) is 0 Å². The molecule has 202 valence electrons. The predicted octanol–water partition coefficient (Wildman–Crippen LogP) is 5.73. The number of fused-ring (bicyclic) bond motifs is 1. The molecule has 1 aromatic heterocycles. The Balaban J connectivity index is 1.44. The molecule has 7 nitrogen and oxygen atoms in total. The topological polar surface area (TPSA) is 80.1 Å². The number of benzene rings is 2. The van der Waals surface area contributed by atoms with Crippen LogP contribution in [-0.4, -0.2) is 41.9 Å². The molecule has 38 heavy (non-hydrogen) atoms. The molecule has 0 N–H and O–H groups in total. The van der Waals surface area contributed by atoms with Gasteiger partial charge in [-0.05, 0) is 43.9 Å². The van der Waals surface area contributed by atoms with Crippen LogP contribution in [0.25, 0.3) is 11.0 Å². The summed E-state index contributed by atoms with van der Waals surface area (Å²) in [6.07, 6.45) is -2.78. The normalized spacial score (nSPS) is 18.1. The Morgan fingerprint density at radius 2 is 1.74 bits per heavy atom. The number of hydrogen-bond donors (Lipinski definition) is 0. The van der Waals surface area contributed by atoms with Crippen LogP contribution in [0.15, 0.2) is 57.7 Å². The Morgan fingerprint density at radius 3 is 2.39 bits per heavy atom. The van der Waals surface area contributed by atoms with Gasteiger partial charge in [0.2, 0.25) is 0 Å². The lowest BCUT2D eigenvalue weighted by molar-refractivity contribution is -0.136. The number of likely N-dealkylation sites (N-methyl/N-ethyl adjacent to an activating group) is 1. The summed E-state index contributed by atoms with van der Waals surface area (Å²) in [7, 11) is 1.61. The summed E-state index contributed by atoms with van der Waals surface area (Å²) < 4.78 is 51.5. The molecule has 1 saturated heterocycles. The fourth-order valence-corrected chi connectivity index (χ4v) is 4.82. The average Bonchev–Trinajstić information content (AvgIpc) is 3.05. The molecule has 10 heteroatoms. The summed E-state index contributed by atoms with van der Waals surface area (Å²) >= 11 is 0. The first-order valence-electron chi connectivity index (χ1n) is 12.4. The highest BCUT2D eigenvalue weighted by Gasteiger charge is 2.53. The van der Waals surface area contributed by atoms with E-state index in [0.717, 1.165) is 5.56 Å². The van der Waals surface area contributed by atoms with Crippen LogP contribution < -0.4 is 10.4 Å². The van der Waals surface area contributed by atoms with Crippen LogP contribution in [0.3, 0.4) is 0 Å². The van der Waals surface area contributed by atoms with E-state index < -0.39 is 22.9 Å². The van der Waals surface area contributed by atoms with E-state index in [9.17, 15) is 27.6 Å². The van der Waals surface area contributed by atoms with Crippen LogP contribution in [-0.2, 0) is 22.9 Å². The number of carbonyl (C=O) groups is 2. The predicted molar refractivity (Wildman–Crippen MR) is 135 cm³/mol. The highest BCUT2D eigenvalue weighted by molar-refractivity contribution is 6.07. The van der Waals surface area contributed by atoms with Gasteiger partial charge in [-0.15, -0.1) is 0 Å². The molecule has 1 fully saturated rings. The number of amides is 3. The Hall–Kier alpha value is -3.82. The fourth-order valence-electron chi connectivity index (χ4n) is 4.82. The number of imide groups is 1. The minimum Gasteiger partial charge on any atom is -0.493 e. The number of ether oxygens (including phenoxy) is 1. The maximum atomic E-state index is 13.5. The number of aryl methyl sites for hydroxylation is 1. The van der Waals surface area contributed by atoms with Gasteiger partial charge in [-0.25, -0.2) is 9.59 Å². The van der Waals surface area contributed by atoms with Crippen molar-refractivity contribution in [2.45, 2.75) is 51.2 Å². The van der Waals surface area contributed by atoms with Crippen LogP contribution in [0.1, 0.15) is 49.8 Å². The number of alkyl halides is 3. The van der Waals surface area contributed by atoms with E-state index in [-0.39, 0.29) is 36.1 Å².